The maximum absolute atomic E-state index is 13.4. The molecule has 2 aromatic rings. The monoisotopic (exact) mass is 278 g/mol. The fourth-order valence-corrected chi connectivity index (χ4v) is 1.81. The zero-order valence-electron chi connectivity index (χ0n) is 10.3. The van der Waals surface area contributed by atoms with E-state index in [-0.39, 0.29) is 5.82 Å². The molecule has 0 aliphatic rings. The molecule has 2 aromatic heterocycles. The SMILES string of the molecule is CSc1ncc(C(=O)Nc2ncccc2F)c(C)n1. The number of hydrogen-bond acceptors (Lipinski definition) is 5. The van der Waals surface area contributed by atoms with Crippen LogP contribution in [0, 0.1) is 12.7 Å². The molecule has 0 spiro atoms. The van der Waals surface area contributed by atoms with Crippen molar-refractivity contribution in [2.45, 2.75) is 12.1 Å². The summed E-state index contributed by atoms with van der Waals surface area (Å²) in [5.74, 6) is -1.18. The van der Waals surface area contributed by atoms with E-state index in [0.29, 0.717) is 16.4 Å². The first-order valence-corrected chi connectivity index (χ1v) is 6.64. The predicted molar refractivity (Wildman–Crippen MR) is 70.7 cm³/mol. The Morgan fingerprint density at radius 2 is 2.21 bits per heavy atom. The van der Waals surface area contributed by atoms with Gasteiger partial charge in [0, 0.05) is 12.4 Å². The molecule has 0 radical (unpaired) electrons. The molecule has 0 aliphatic heterocycles. The average Bonchev–Trinajstić information content (AvgIpc) is 2.41. The second-order valence-corrected chi connectivity index (χ2v) is 4.42. The van der Waals surface area contributed by atoms with E-state index in [1.165, 1.54) is 36.3 Å². The third kappa shape index (κ3) is 3.05. The molecular weight excluding hydrogens is 267 g/mol. The van der Waals surface area contributed by atoms with E-state index >= 15 is 0 Å². The van der Waals surface area contributed by atoms with E-state index < -0.39 is 11.7 Å². The number of nitrogens with one attached hydrogen (secondary N) is 1. The molecule has 0 atom stereocenters. The van der Waals surface area contributed by atoms with Gasteiger partial charge in [-0.25, -0.2) is 19.3 Å². The van der Waals surface area contributed by atoms with Crippen molar-refractivity contribution in [1.29, 1.82) is 0 Å². The van der Waals surface area contributed by atoms with Gasteiger partial charge in [0.1, 0.15) is 0 Å². The molecule has 0 bridgehead atoms. The first-order chi connectivity index (χ1) is 9.11. The van der Waals surface area contributed by atoms with Crippen molar-refractivity contribution in [3.8, 4) is 0 Å². The summed E-state index contributed by atoms with van der Waals surface area (Å²) in [6.45, 7) is 1.70. The largest absolute Gasteiger partial charge is 0.304 e. The Hall–Kier alpha value is -2.02. The molecular formula is C12H11FN4OS. The highest BCUT2D eigenvalue weighted by Gasteiger charge is 2.14. The molecule has 2 rings (SSSR count). The molecule has 0 aromatic carbocycles. The summed E-state index contributed by atoms with van der Waals surface area (Å²) < 4.78 is 13.4. The predicted octanol–water partition coefficient (Wildman–Crippen LogP) is 2.29. The van der Waals surface area contributed by atoms with Crippen molar-refractivity contribution in [1.82, 2.24) is 15.0 Å². The number of carbonyl (C=O) groups is 1. The first kappa shape index (κ1) is 13.4. The van der Waals surface area contributed by atoms with E-state index in [1.54, 1.807) is 6.92 Å². The fourth-order valence-electron chi connectivity index (χ4n) is 1.42. The highest BCUT2D eigenvalue weighted by molar-refractivity contribution is 7.98. The van der Waals surface area contributed by atoms with E-state index in [2.05, 4.69) is 20.3 Å². The van der Waals surface area contributed by atoms with Crippen molar-refractivity contribution < 1.29 is 9.18 Å². The number of anilines is 1. The van der Waals surface area contributed by atoms with Gasteiger partial charge in [0.25, 0.3) is 5.91 Å². The summed E-state index contributed by atoms with van der Waals surface area (Å²) in [5.41, 5.74) is 0.830. The number of carbonyl (C=O) groups excluding carboxylic acids is 1. The van der Waals surface area contributed by atoms with Crippen LogP contribution in [0.2, 0.25) is 0 Å². The van der Waals surface area contributed by atoms with Crippen molar-refractivity contribution in [2.24, 2.45) is 0 Å². The number of thioether (sulfide) groups is 1. The molecule has 0 unspecified atom stereocenters. The van der Waals surface area contributed by atoms with Gasteiger partial charge < -0.3 is 5.32 Å². The maximum Gasteiger partial charge on any atom is 0.260 e. The zero-order chi connectivity index (χ0) is 13.8. The minimum absolute atomic E-state index is 0.110. The lowest BCUT2D eigenvalue weighted by atomic mass is 10.2. The molecule has 0 fully saturated rings. The minimum atomic E-state index is -0.588. The minimum Gasteiger partial charge on any atom is -0.304 e. The van der Waals surface area contributed by atoms with Gasteiger partial charge in [-0.1, -0.05) is 11.8 Å². The Kier molecular flexibility index (Phi) is 4.06. The van der Waals surface area contributed by atoms with Gasteiger partial charge in [0.2, 0.25) is 0 Å². The summed E-state index contributed by atoms with van der Waals surface area (Å²) in [6, 6.07) is 2.68. The van der Waals surface area contributed by atoms with Crippen molar-refractivity contribution >= 4 is 23.5 Å². The van der Waals surface area contributed by atoms with Gasteiger partial charge in [0.15, 0.2) is 16.8 Å². The highest BCUT2D eigenvalue weighted by Crippen LogP contribution is 2.14. The maximum atomic E-state index is 13.4. The van der Waals surface area contributed by atoms with Crippen LogP contribution in [0.4, 0.5) is 10.2 Å². The third-order valence-corrected chi connectivity index (χ3v) is 2.94. The second kappa shape index (κ2) is 5.75. The summed E-state index contributed by atoms with van der Waals surface area (Å²) in [5, 5.41) is 2.97. The van der Waals surface area contributed by atoms with Gasteiger partial charge in [-0.3, -0.25) is 4.79 Å². The van der Waals surface area contributed by atoms with Crippen LogP contribution >= 0.6 is 11.8 Å². The molecule has 0 aliphatic carbocycles. The first-order valence-electron chi connectivity index (χ1n) is 5.41. The second-order valence-electron chi connectivity index (χ2n) is 3.64. The Morgan fingerprint density at radius 3 is 2.84 bits per heavy atom. The zero-order valence-corrected chi connectivity index (χ0v) is 11.2. The molecule has 1 N–H and O–H groups in total. The number of aryl methyl sites for hydroxylation is 1. The number of pyridine rings is 1. The molecule has 0 saturated carbocycles. The average molecular weight is 278 g/mol. The fraction of sp³-hybridized carbons (Fsp3) is 0.167. The van der Waals surface area contributed by atoms with E-state index in [9.17, 15) is 9.18 Å². The quantitative estimate of drug-likeness (QED) is 0.689. The van der Waals surface area contributed by atoms with Crippen LogP contribution in [-0.2, 0) is 0 Å². The number of hydrogen-bond donors (Lipinski definition) is 1. The summed E-state index contributed by atoms with van der Waals surface area (Å²) in [7, 11) is 0. The van der Waals surface area contributed by atoms with E-state index in [4.69, 9.17) is 0 Å². The van der Waals surface area contributed by atoms with E-state index in [1.807, 2.05) is 6.26 Å². The highest BCUT2D eigenvalue weighted by atomic mass is 32.2. The van der Waals surface area contributed by atoms with Crippen molar-refractivity contribution in [2.75, 3.05) is 11.6 Å². The Bertz CT molecular complexity index is 620. The molecule has 0 saturated heterocycles. The Labute approximate surface area is 113 Å². The molecule has 98 valence electrons. The van der Waals surface area contributed by atoms with Crippen LogP contribution in [-0.4, -0.2) is 27.1 Å². The van der Waals surface area contributed by atoms with Gasteiger partial charge in [-0.05, 0) is 25.3 Å². The summed E-state index contributed by atoms with van der Waals surface area (Å²) in [4.78, 5) is 23.9. The third-order valence-electron chi connectivity index (χ3n) is 2.37. The van der Waals surface area contributed by atoms with Gasteiger partial charge in [-0.2, -0.15) is 0 Å². The lowest BCUT2D eigenvalue weighted by Gasteiger charge is -2.07. The number of amides is 1. The van der Waals surface area contributed by atoms with Crippen LogP contribution in [0.25, 0.3) is 0 Å². The number of halogens is 1. The lowest BCUT2D eigenvalue weighted by molar-refractivity contribution is 0.102. The summed E-state index contributed by atoms with van der Waals surface area (Å²) in [6.07, 6.45) is 4.67. The van der Waals surface area contributed by atoms with Gasteiger partial charge in [0.05, 0.1) is 11.3 Å². The van der Waals surface area contributed by atoms with Crippen LogP contribution in [0.5, 0.6) is 0 Å². The number of aromatic nitrogens is 3. The molecule has 7 heteroatoms. The van der Waals surface area contributed by atoms with Crippen molar-refractivity contribution in [3.05, 3.63) is 41.6 Å². The van der Waals surface area contributed by atoms with Crippen molar-refractivity contribution in [3.63, 3.8) is 0 Å². The molecule has 2 heterocycles. The normalized spacial score (nSPS) is 10.3. The van der Waals surface area contributed by atoms with Gasteiger partial charge >= 0.3 is 0 Å². The lowest BCUT2D eigenvalue weighted by Crippen LogP contribution is -2.16. The smallest absolute Gasteiger partial charge is 0.260 e. The molecule has 1 amide bonds. The van der Waals surface area contributed by atoms with Crippen LogP contribution in [0.1, 0.15) is 16.1 Å². The number of nitrogens with zero attached hydrogens (tertiary/aromatic N) is 3. The number of rotatable bonds is 3. The van der Waals surface area contributed by atoms with Crippen LogP contribution in [0.3, 0.4) is 0 Å². The van der Waals surface area contributed by atoms with Gasteiger partial charge in [-0.15, -0.1) is 0 Å². The Balaban J connectivity index is 2.23. The topological polar surface area (TPSA) is 67.8 Å². The molecule has 5 nitrogen and oxygen atoms in total. The Morgan fingerprint density at radius 1 is 1.42 bits per heavy atom. The molecule has 19 heavy (non-hydrogen) atoms. The van der Waals surface area contributed by atoms with E-state index in [0.717, 1.165) is 0 Å². The standard InChI is InChI=1S/C12H11FN4OS/c1-7-8(6-15-12(16-7)19-2)11(18)17-10-9(13)4-3-5-14-10/h3-6H,1-2H3,(H,14,17,18). The summed E-state index contributed by atoms with van der Waals surface area (Å²) >= 11 is 1.38. The van der Waals surface area contributed by atoms with Crippen LogP contribution < -0.4 is 5.32 Å². The van der Waals surface area contributed by atoms with Crippen LogP contribution in [0.15, 0.2) is 29.7 Å².